The van der Waals surface area contributed by atoms with Crippen molar-refractivity contribution in [1.82, 2.24) is 9.88 Å². The van der Waals surface area contributed by atoms with Gasteiger partial charge < -0.3 is 20.1 Å². The molecule has 1 atom stereocenters. The molecule has 1 heterocycles. The van der Waals surface area contributed by atoms with Crippen molar-refractivity contribution in [3.63, 3.8) is 0 Å². The number of carbonyl (C=O) groups is 2. The third-order valence-corrected chi connectivity index (χ3v) is 2.96. The molecule has 1 amide bonds. The molecule has 0 saturated heterocycles. The monoisotopic (exact) mass is 296 g/mol. The third kappa shape index (κ3) is 4.94. The summed E-state index contributed by atoms with van der Waals surface area (Å²) in [6.45, 7) is 5.01. The van der Waals surface area contributed by atoms with Crippen molar-refractivity contribution in [2.24, 2.45) is 5.92 Å². The molecule has 116 valence electrons. The van der Waals surface area contributed by atoms with Crippen LogP contribution in [0.2, 0.25) is 0 Å². The van der Waals surface area contributed by atoms with Crippen molar-refractivity contribution >= 4 is 11.9 Å². The first-order valence-electron chi connectivity index (χ1n) is 6.63. The minimum absolute atomic E-state index is 0.115. The fraction of sp³-hybridized carbons (Fsp3) is 0.500. The summed E-state index contributed by atoms with van der Waals surface area (Å²) in [5, 5.41) is 20.7. The summed E-state index contributed by atoms with van der Waals surface area (Å²) in [4.78, 5) is 34.7. The van der Waals surface area contributed by atoms with Crippen molar-refractivity contribution < 1.29 is 19.8 Å². The van der Waals surface area contributed by atoms with Crippen LogP contribution in [0.15, 0.2) is 16.9 Å². The molecule has 1 rings (SSSR count). The first-order chi connectivity index (χ1) is 9.70. The van der Waals surface area contributed by atoms with Crippen LogP contribution in [0.5, 0.6) is 5.75 Å². The number of rotatable bonds is 6. The average Bonchev–Trinajstić information content (AvgIpc) is 2.32. The average molecular weight is 296 g/mol. The predicted octanol–water partition coefficient (Wildman–Crippen LogP) is 0.478. The first-order valence-corrected chi connectivity index (χ1v) is 6.63. The topological polar surface area (TPSA) is 109 Å². The van der Waals surface area contributed by atoms with Gasteiger partial charge in [0.15, 0.2) is 0 Å². The van der Waals surface area contributed by atoms with Crippen molar-refractivity contribution in [1.29, 1.82) is 0 Å². The van der Waals surface area contributed by atoms with Crippen LogP contribution in [-0.2, 0) is 16.1 Å². The number of nitrogens with zero attached hydrogens (tertiary/aromatic N) is 1. The summed E-state index contributed by atoms with van der Waals surface area (Å²) in [7, 11) is 0. The van der Waals surface area contributed by atoms with E-state index in [-0.39, 0.29) is 18.2 Å². The molecule has 0 aliphatic rings. The second-order valence-electron chi connectivity index (χ2n) is 5.37. The van der Waals surface area contributed by atoms with E-state index in [1.807, 2.05) is 13.8 Å². The molecule has 0 spiro atoms. The summed E-state index contributed by atoms with van der Waals surface area (Å²) < 4.78 is 1.17. The molecule has 0 saturated carbocycles. The van der Waals surface area contributed by atoms with Gasteiger partial charge in [-0.25, -0.2) is 4.79 Å². The van der Waals surface area contributed by atoms with Crippen molar-refractivity contribution in [3.05, 3.63) is 28.2 Å². The van der Waals surface area contributed by atoms with Crippen molar-refractivity contribution in [2.75, 3.05) is 0 Å². The summed E-state index contributed by atoms with van der Waals surface area (Å²) >= 11 is 0. The summed E-state index contributed by atoms with van der Waals surface area (Å²) in [6.07, 6.45) is 0.310. The van der Waals surface area contributed by atoms with Crippen LogP contribution in [0.3, 0.4) is 0 Å². The van der Waals surface area contributed by atoms with Gasteiger partial charge in [0.1, 0.15) is 18.3 Å². The number of nitrogens with one attached hydrogen (secondary N) is 1. The normalized spacial score (nSPS) is 12.2. The van der Waals surface area contributed by atoms with Crippen LogP contribution in [0.4, 0.5) is 0 Å². The highest BCUT2D eigenvalue weighted by Gasteiger charge is 2.21. The van der Waals surface area contributed by atoms with Gasteiger partial charge in [-0.2, -0.15) is 0 Å². The number of aliphatic carboxylic acids is 1. The van der Waals surface area contributed by atoms with E-state index >= 15 is 0 Å². The van der Waals surface area contributed by atoms with Gasteiger partial charge >= 0.3 is 5.97 Å². The number of carbonyl (C=O) groups excluding carboxylic acids is 1. The number of aryl methyl sites for hydroxylation is 1. The maximum atomic E-state index is 11.9. The molecular weight excluding hydrogens is 276 g/mol. The van der Waals surface area contributed by atoms with Crippen LogP contribution in [0.1, 0.15) is 26.0 Å². The lowest BCUT2D eigenvalue weighted by molar-refractivity contribution is -0.142. The molecule has 0 bridgehead atoms. The number of pyridine rings is 1. The largest absolute Gasteiger partial charge is 0.508 e. The minimum atomic E-state index is -1.10. The summed E-state index contributed by atoms with van der Waals surface area (Å²) in [6, 6.07) is 1.38. The molecule has 0 aliphatic carbocycles. The number of carboxylic acid groups (broad SMARTS) is 1. The number of hydrogen-bond donors (Lipinski definition) is 3. The highest BCUT2D eigenvalue weighted by molar-refractivity contribution is 5.83. The van der Waals surface area contributed by atoms with E-state index in [9.17, 15) is 19.5 Å². The molecule has 3 N–H and O–H groups in total. The van der Waals surface area contributed by atoms with Gasteiger partial charge in [0.2, 0.25) is 5.91 Å². The number of hydrogen-bond acceptors (Lipinski definition) is 4. The SMILES string of the molecule is Cc1cc(O)cc(=O)n1CC(=O)NC(CC(C)C)C(=O)O. The second-order valence-corrected chi connectivity index (χ2v) is 5.37. The number of aromatic hydroxyl groups is 1. The highest BCUT2D eigenvalue weighted by Crippen LogP contribution is 2.07. The lowest BCUT2D eigenvalue weighted by Gasteiger charge is -2.17. The van der Waals surface area contributed by atoms with Crippen molar-refractivity contribution in [3.8, 4) is 5.75 Å². The van der Waals surface area contributed by atoms with Crippen LogP contribution >= 0.6 is 0 Å². The van der Waals surface area contributed by atoms with E-state index in [4.69, 9.17) is 5.11 Å². The first kappa shape index (κ1) is 16.7. The summed E-state index contributed by atoms with van der Waals surface area (Å²) in [5.74, 6) is -1.72. The zero-order valence-corrected chi connectivity index (χ0v) is 12.3. The third-order valence-electron chi connectivity index (χ3n) is 2.96. The quantitative estimate of drug-likeness (QED) is 0.707. The van der Waals surface area contributed by atoms with Gasteiger partial charge in [-0.15, -0.1) is 0 Å². The van der Waals surface area contributed by atoms with Gasteiger partial charge in [-0.1, -0.05) is 13.8 Å². The Hall–Kier alpha value is -2.31. The van der Waals surface area contributed by atoms with E-state index in [0.717, 1.165) is 6.07 Å². The Labute approximate surface area is 122 Å². The van der Waals surface area contributed by atoms with Crippen molar-refractivity contribution in [2.45, 2.75) is 39.8 Å². The number of amides is 1. The smallest absolute Gasteiger partial charge is 0.326 e. The van der Waals surface area contributed by atoms with E-state index in [0.29, 0.717) is 12.1 Å². The Morgan fingerprint density at radius 2 is 1.95 bits per heavy atom. The van der Waals surface area contributed by atoms with E-state index in [1.165, 1.54) is 10.6 Å². The lowest BCUT2D eigenvalue weighted by atomic mass is 10.0. The molecule has 21 heavy (non-hydrogen) atoms. The van der Waals surface area contributed by atoms with Gasteiger partial charge in [-0.05, 0) is 25.3 Å². The van der Waals surface area contributed by atoms with E-state index in [1.54, 1.807) is 6.92 Å². The highest BCUT2D eigenvalue weighted by atomic mass is 16.4. The molecule has 0 aliphatic heterocycles. The Kier molecular flexibility index (Phi) is 5.52. The molecule has 7 nitrogen and oxygen atoms in total. The predicted molar refractivity (Wildman–Crippen MR) is 76.1 cm³/mol. The minimum Gasteiger partial charge on any atom is -0.508 e. The molecule has 0 radical (unpaired) electrons. The van der Waals surface area contributed by atoms with Gasteiger partial charge in [0.05, 0.1) is 0 Å². The Balaban J connectivity index is 2.82. The molecular formula is C14H20N2O5. The van der Waals surface area contributed by atoms with Crippen LogP contribution in [0.25, 0.3) is 0 Å². The second kappa shape index (κ2) is 6.92. The van der Waals surface area contributed by atoms with Gasteiger partial charge in [0.25, 0.3) is 5.56 Å². The number of carboxylic acids is 1. The fourth-order valence-corrected chi connectivity index (χ4v) is 1.99. The van der Waals surface area contributed by atoms with E-state index < -0.39 is 23.5 Å². The van der Waals surface area contributed by atoms with Crippen LogP contribution < -0.4 is 10.9 Å². The summed E-state index contributed by atoms with van der Waals surface area (Å²) in [5.41, 5.74) is -0.0933. The number of aromatic nitrogens is 1. The fourth-order valence-electron chi connectivity index (χ4n) is 1.99. The molecule has 7 heteroatoms. The molecule has 1 unspecified atom stereocenters. The van der Waals surface area contributed by atoms with Gasteiger partial charge in [0, 0.05) is 11.8 Å². The molecule has 0 aromatic carbocycles. The molecule has 0 fully saturated rings. The Bertz CT molecular complexity index is 592. The zero-order chi connectivity index (χ0) is 16.2. The maximum Gasteiger partial charge on any atom is 0.326 e. The Morgan fingerprint density at radius 1 is 1.33 bits per heavy atom. The molecule has 1 aromatic rings. The Morgan fingerprint density at radius 3 is 2.43 bits per heavy atom. The maximum absolute atomic E-state index is 11.9. The zero-order valence-electron chi connectivity index (χ0n) is 12.3. The van der Waals surface area contributed by atoms with Gasteiger partial charge in [-0.3, -0.25) is 9.59 Å². The lowest BCUT2D eigenvalue weighted by Crippen LogP contribution is -2.44. The standard InChI is InChI=1S/C14H20N2O5/c1-8(2)4-11(14(20)21)15-12(18)7-16-9(3)5-10(17)6-13(16)19/h5-6,8,11,17H,4,7H2,1-3H3,(H,15,18)(H,20,21). The molecule has 1 aromatic heterocycles. The van der Waals surface area contributed by atoms with Crippen LogP contribution in [-0.4, -0.2) is 32.7 Å². The van der Waals surface area contributed by atoms with E-state index in [2.05, 4.69) is 5.32 Å². The van der Waals surface area contributed by atoms with Crippen LogP contribution in [0, 0.1) is 12.8 Å².